The monoisotopic (exact) mass is 497 g/mol. The number of hydrogen-bond donors (Lipinski definition) is 1. The van der Waals surface area contributed by atoms with E-state index in [0.29, 0.717) is 0 Å². The van der Waals surface area contributed by atoms with Crippen molar-refractivity contribution in [1.29, 1.82) is 0 Å². The van der Waals surface area contributed by atoms with Crippen molar-refractivity contribution in [2.45, 2.75) is 11.3 Å². The predicted molar refractivity (Wildman–Crippen MR) is 112 cm³/mol. The van der Waals surface area contributed by atoms with Crippen LogP contribution in [0, 0.1) is 10.1 Å². The number of anilines is 1. The Morgan fingerprint density at radius 1 is 1.09 bits per heavy atom. The lowest BCUT2D eigenvalue weighted by Gasteiger charge is -2.12. The molecule has 10 nitrogen and oxygen atoms in total. The van der Waals surface area contributed by atoms with Crippen LogP contribution >= 0.6 is 0 Å². The summed E-state index contributed by atoms with van der Waals surface area (Å²) in [5.74, 6) is -1.84. The van der Waals surface area contributed by atoms with E-state index in [-0.39, 0.29) is 27.8 Å². The lowest BCUT2D eigenvalue weighted by atomic mass is 10.2. The fourth-order valence-electron chi connectivity index (χ4n) is 2.61. The molecule has 0 bridgehead atoms. The molecular weight excluding hydrogens is 483 g/mol. The predicted octanol–water partition coefficient (Wildman–Crippen LogP) is 4.34. The summed E-state index contributed by atoms with van der Waals surface area (Å²) < 4.78 is 69.6. The third-order valence-corrected chi connectivity index (χ3v) is 5.19. The molecule has 0 radical (unpaired) electrons. The van der Waals surface area contributed by atoms with Crippen LogP contribution in [0.15, 0.2) is 65.7 Å². The number of pyridine rings is 1. The molecule has 1 aromatic heterocycles. The summed E-state index contributed by atoms with van der Waals surface area (Å²) in [5, 5.41) is 13.5. The molecule has 0 atom stereocenters. The fourth-order valence-corrected chi connectivity index (χ4v) is 3.28. The summed E-state index contributed by atoms with van der Waals surface area (Å²) in [7, 11) is -3.57. The summed E-state index contributed by atoms with van der Waals surface area (Å²) in [6.07, 6.45) is -3.07. The maximum absolute atomic E-state index is 12.8. The minimum absolute atomic E-state index is 0.0380. The van der Waals surface area contributed by atoms with E-state index in [2.05, 4.69) is 15.0 Å². The molecule has 0 fully saturated rings. The van der Waals surface area contributed by atoms with Gasteiger partial charge in [0.15, 0.2) is 9.84 Å². The molecule has 178 valence electrons. The first-order valence-corrected chi connectivity index (χ1v) is 11.0. The van der Waals surface area contributed by atoms with E-state index < -0.39 is 38.5 Å². The van der Waals surface area contributed by atoms with Crippen molar-refractivity contribution in [3.8, 4) is 17.4 Å². The highest BCUT2D eigenvalue weighted by Gasteiger charge is 2.31. The van der Waals surface area contributed by atoms with Crippen molar-refractivity contribution in [1.82, 2.24) is 4.98 Å². The number of rotatable bonds is 7. The maximum atomic E-state index is 12.8. The van der Waals surface area contributed by atoms with Gasteiger partial charge in [-0.15, -0.1) is 13.2 Å². The number of nitrogens with one attached hydrogen (secondary N) is 1. The number of nitrogens with zero attached hydrogens (tertiary/aromatic N) is 2. The summed E-state index contributed by atoms with van der Waals surface area (Å²) in [6.45, 7) is 0. The molecule has 2 aromatic carbocycles. The molecule has 0 spiro atoms. The number of halogens is 3. The number of amides is 1. The third-order valence-electron chi connectivity index (χ3n) is 4.08. The van der Waals surface area contributed by atoms with Gasteiger partial charge in [0.1, 0.15) is 23.3 Å². The SMILES string of the molecule is CS(=O)(=O)c1cccc(NC(=O)c2cc([N+](=O)[O-])cnc2Oc2ccc(OC(F)(F)F)cc2)c1. The second kappa shape index (κ2) is 9.35. The number of hydrogen-bond acceptors (Lipinski definition) is 8. The smallest absolute Gasteiger partial charge is 0.438 e. The van der Waals surface area contributed by atoms with Crippen molar-refractivity contribution in [2.24, 2.45) is 0 Å². The Hall–Kier alpha value is -4.20. The molecule has 3 aromatic rings. The molecule has 0 aliphatic carbocycles. The lowest BCUT2D eigenvalue weighted by molar-refractivity contribution is -0.385. The topological polar surface area (TPSA) is 138 Å². The third kappa shape index (κ3) is 6.41. The summed E-state index contributed by atoms with van der Waals surface area (Å²) >= 11 is 0. The number of aromatic nitrogens is 1. The van der Waals surface area contributed by atoms with Crippen LogP contribution in [0.25, 0.3) is 0 Å². The van der Waals surface area contributed by atoms with Gasteiger partial charge in [0.2, 0.25) is 5.88 Å². The van der Waals surface area contributed by atoms with Gasteiger partial charge in [-0.05, 0) is 42.5 Å². The highest BCUT2D eigenvalue weighted by molar-refractivity contribution is 7.90. The molecule has 1 heterocycles. The minimum Gasteiger partial charge on any atom is -0.438 e. The average Bonchev–Trinajstić information content (AvgIpc) is 2.73. The van der Waals surface area contributed by atoms with E-state index in [9.17, 15) is 36.5 Å². The van der Waals surface area contributed by atoms with Crippen molar-refractivity contribution in [2.75, 3.05) is 11.6 Å². The van der Waals surface area contributed by atoms with Crippen molar-refractivity contribution < 1.29 is 40.8 Å². The quantitative estimate of drug-likeness (QED) is 0.376. The molecule has 3 rings (SSSR count). The van der Waals surface area contributed by atoms with Crippen LogP contribution in [0.4, 0.5) is 24.5 Å². The van der Waals surface area contributed by atoms with E-state index in [4.69, 9.17) is 4.74 Å². The fraction of sp³-hybridized carbons (Fsp3) is 0.100. The lowest BCUT2D eigenvalue weighted by Crippen LogP contribution is -2.17. The van der Waals surface area contributed by atoms with E-state index >= 15 is 0 Å². The van der Waals surface area contributed by atoms with E-state index in [1.165, 1.54) is 24.3 Å². The Balaban J connectivity index is 1.90. The average molecular weight is 497 g/mol. The van der Waals surface area contributed by atoms with Crippen molar-refractivity contribution in [3.63, 3.8) is 0 Å². The maximum Gasteiger partial charge on any atom is 0.573 e. The van der Waals surface area contributed by atoms with Gasteiger partial charge in [0.25, 0.3) is 11.6 Å². The van der Waals surface area contributed by atoms with Gasteiger partial charge < -0.3 is 14.8 Å². The van der Waals surface area contributed by atoms with Crippen LogP contribution in [-0.4, -0.2) is 36.9 Å². The number of sulfone groups is 1. The number of benzene rings is 2. The summed E-state index contributed by atoms with van der Waals surface area (Å²) in [6, 6.07) is 10.3. The zero-order valence-corrected chi connectivity index (χ0v) is 17.9. The van der Waals surface area contributed by atoms with Gasteiger partial charge >= 0.3 is 6.36 Å². The van der Waals surface area contributed by atoms with Crippen LogP contribution in [-0.2, 0) is 9.84 Å². The zero-order chi connectivity index (χ0) is 25.1. The number of alkyl halides is 3. The number of ether oxygens (including phenoxy) is 2. The summed E-state index contributed by atoms with van der Waals surface area (Å²) in [5.41, 5.74) is -0.829. The molecule has 0 saturated carbocycles. The van der Waals surface area contributed by atoms with Crippen LogP contribution in [0.1, 0.15) is 10.4 Å². The highest BCUT2D eigenvalue weighted by atomic mass is 32.2. The van der Waals surface area contributed by atoms with Crippen LogP contribution in [0.2, 0.25) is 0 Å². The normalized spacial score (nSPS) is 11.5. The van der Waals surface area contributed by atoms with Gasteiger partial charge in [-0.25, -0.2) is 13.4 Å². The number of carbonyl (C=O) groups excluding carboxylic acids is 1. The standard InChI is InChI=1S/C20H14F3N3O7S/c1-34(30,31)16-4-2-3-12(9-16)25-18(27)17-10-13(26(28)29)11-24-19(17)32-14-5-7-15(8-6-14)33-20(21,22)23/h2-11H,1H3,(H,25,27). The molecular formula is C20H14F3N3O7S. The van der Waals surface area contributed by atoms with Gasteiger partial charge in [0, 0.05) is 18.0 Å². The number of carbonyl (C=O) groups is 1. The zero-order valence-electron chi connectivity index (χ0n) is 17.1. The Morgan fingerprint density at radius 3 is 2.32 bits per heavy atom. The molecule has 0 aliphatic rings. The van der Waals surface area contributed by atoms with Gasteiger partial charge in [-0.3, -0.25) is 14.9 Å². The Labute approximate surface area is 190 Å². The Bertz CT molecular complexity index is 1340. The first kappa shape index (κ1) is 24.4. The largest absolute Gasteiger partial charge is 0.573 e. The first-order valence-electron chi connectivity index (χ1n) is 9.11. The molecule has 34 heavy (non-hydrogen) atoms. The highest BCUT2D eigenvalue weighted by Crippen LogP contribution is 2.30. The minimum atomic E-state index is -4.89. The number of nitro groups is 1. The Morgan fingerprint density at radius 2 is 1.74 bits per heavy atom. The second-order valence-electron chi connectivity index (χ2n) is 6.68. The van der Waals surface area contributed by atoms with Crippen LogP contribution < -0.4 is 14.8 Å². The molecule has 1 N–H and O–H groups in total. The molecule has 1 amide bonds. The molecule has 0 aliphatic heterocycles. The van der Waals surface area contributed by atoms with E-state index in [1.807, 2.05) is 0 Å². The summed E-state index contributed by atoms with van der Waals surface area (Å²) in [4.78, 5) is 26.9. The first-order chi connectivity index (χ1) is 15.8. The van der Waals surface area contributed by atoms with Crippen LogP contribution in [0.3, 0.4) is 0 Å². The Kier molecular flexibility index (Phi) is 6.72. The molecule has 0 unspecified atom stereocenters. The van der Waals surface area contributed by atoms with Gasteiger partial charge in [-0.2, -0.15) is 0 Å². The second-order valence-corrected chi connectivity index (χ2v) is 8.69. The van der Waals surface area contributed by atoms with Crippen molar-refractivity contribution >= 4 is 27.1 Å². The van der Waals surface area contributed by atoms with Crippen LogP contribution in [0.5, 0.6) is 17.4 Å². The van der Waals surface area contributed by atoms with E-state index in [0.717, 1.165) is 42.8 Å². The van der Waals surface area contributed by atoms with E-state index in [1.54, 1.807) is 0 Å². The molecule has 0 saturated heterocycles. The molecule has 14 heteroatoms. The van der Waals surface area contributed by atoms with Crippen molar-refractivity contribution in [3.05, 3.63) is 76.5 Å². The van der Waals surface area contributed by atoms with Gasteiger partial charge in [-0.1, -0.05) is 6.07 Å². The van der Waals surface area contributed by atoms with Gasteiger partial charge in [0.05, 0.1) is 9.82 Å².